The van der Waals surface area contributed by atoms with Crippen molar-refractivity contribution < 1.29 is 9.53 Å². The van der Waals surface area contributed by atoms with Gasteiger partial charge in [-0.2, -0.15) is 0 Å². The number of thioether (sulfide) groups is 1. The highest BCUT2D eigenvalue weighted by Crippen LogP contribution is 2.23. The lowest BCUT2D eigenvalue weighted by atomic mass is 10.1. The number of ether oxygens (including phenoxy) is 1. The molecule has 1 N–H and O–H groups in total. The van der Waals surface area contributed by atoms with E-state index in [9.17, 15) is 4.79 Å². The highest BCUT2D eigenvalue weighted by molar-refractivity contribution is 8.00. The van der Waals surface area contributed by atoms with Crippen LogP contribution in [0.1, 0.15) is 11.1 Å². The van der Waals surface area contributed by atoms with Crippen LogP contribution in [-0.4, -0.2) is 29.0 Å². The summed E-state index contributed by atoms with van der Waals surface area (Å²) in [7, 11) is 0. The van der Waals surface area contributed by atoms with Crippen LogP contribution in [0.4, 0.5) is 5.13 Å². The average Bonchev–Trinajstić information content (AvgIpc) is 2.85. The van der Waals surface area contributed by atoms with Gasteiger partial charge >= 0.3 is 0 Å². The minimum Gasteiger partial charge on any atom is -0.483 e. The molecule has 2 aromatic rings. The second-order valence-electron chi connectivity index (χ2n) is 4.18. The maximum absolute atomic E-state index is 11.8. The van der Waals surface area contributed by atoms with Gasteiger partial charge < -0.3 is 4.74 Å². The minimum absolute atomic E-state index is 0.0436. The third-order valence-corrected chi connectivity index (χ3v) is 4.33. The van der Waals surface area contributed by atoms with Gasteiger partial charge in [0.15, 0.2) is 10.9 Å². The van der Waals surface area contributed by atoms with E-state index >= 15 is 0 Å². The van der Waals surface area contributed by atoms with E-state index in [2.05, 4.69) is 15.5 Å². The molecule has 0 radical (unpaired) electrons. The van der Waals surface area contributed by atoms with Gasteiger partial charge in [-0.05, 0) is 31.7 Å². The molecule has 5 nitrogen and oxygen atoms in total. The number of hydrogen-bond donors (Lipinski definition) is 1. The summed E-state index contributed by atoms with van der Waals surface area (Å²) in [5, 5.41) is 10.9. The number of nitrogens with one attached hydrogen (secondary N) is 1. The zero-order valence-corrected chi connectivity index (χ0v) is 13.1. The third-order valence-electron chi connectivity index (χ3n) is 2.52. The standard InChI is InChI=1S/C13H15N3O2S2/c1-8-4-5-10(9(2)6-8)18-7-11(17)14-12-15-16-13(19-3)20-12/h4-6H,7H2,1-3H3,(H,14,15,17). The molecule has 0 bridgehead atoms. The number of aryl methyl sites for hydroxylation is 2. The Labute approximate surface area is 125 Å². The molecule has 1 amide bonds. The first kappa shape index (κ1) is 14.8. The number of carbonyl (C=O) groups is 1. The van der Waals surface area contributed by atoms with E-state index in [0.29, 0.717) is 10.9 Å². The van der Waals surface area contributed by atoms with Crippen LogP contribution in [0.2, 0.25) is 0 Å². The molecule has 0 spiro atoms. The molecule has 0 aliphatic carbocycles. The molecular formula is C13H15N3O2S2. The molecule has 1 aromatic heterocycles. The summed E-state index contributed by atoms with van der Waals surface area (Å²) in [6, 6.07) is 5.84. The molecule has 106 valence electrons. The number of hydrogen-bond acceptors (Lipinski definition) is 6. The van der Waals surface area contributed by atoms with Gasteiger partial charge in [0.25, 0.3) is 5.91 Å². The van der Waals surface area contributed by atoms with Gasteiger partial charge in [0, 0.05) is 0 Å². The average molecular weight is 309 g/mol. The predicted octanol–water partition coefficient (Wildman–Crippen LogP) is 2.89. The molecule has 20 heavy (non-hydrogen) atoms. The number of aromatic nitrogens is 2. The van der Waals surface area contributed by atoms with Gasteiger partial charge in [-0.15, -0.1) is 10.2 Å². The van der Waals surface area contributed by atoms with Crippen molar-refractivity contribution in [2.75, 3.05) is 18.2 Å². The molecule has 0 unspecified atom stereocenters. The monoisotopic (exact) mass is 309 g/mol. The fraction of sp³-hybridized carbons (Fsp3) is 0.308. The largest absolute Gasteiger partial charge is 0.483 e. The molecule has 1 heterocycles. The van der Waals surface area contributed by atoms with Gasteiger partial charge in [0.2, 0.25) is 5.13 Å². The van der Waals surface area contributed by atoms with E-state index in [1.165, 1.54) is 23.1 Å². The van der Waals surface area contributed by atoms with Gasteiger partial charge in [-0.25, -0.2) is 0 Å². The Morgan fingerprint density at radius 3 is 2.85 bits per heavy atom. The fourth-order valence-corrected chi connectivity index (χ4v) is 2.79. The Bertz CT molecular complexity index is 613. The fourth-order valence-electron chi connectivity index (χ4n) is 1.60. The van der Waals surface area contributed by atoms with E-state index in [-0.39, 0.29) is 12.5 Å². The zero-order valence-electron chi connectivity index (χ0n) is 11.5. The topological polar surface area (TPSA) is 64.1 Å². The highest BCUT2D eigenvalue weighted by atomic mass is 32.2. The SMILES string of the molecule is CSc1nnc(NC(=O)COc2ccc(C)cc2C)s1. The minimum atomic E-state index is -0.242. The second-order valence-corrected chi connectivity index (χ2v) is 6.21. The van der Waals surface area contributed by atoms with Crippen LogP contribution in [0.15, 0.2) is 22.5 Å². The molecular weight excluding hydrogens is 294 g/mol. The van der Waals surface area contributed by atoms with Crippen LogP contribution in [0, 0.1) is 13.8 Å². The molecule has 0 atom stereocenters. The molecule has 0 aliphatic heterocycles. The van der Waals surface area contributed by atoms with Crippen molar-refractivity contribution in [3.8, 4) is 5.75 Å². The van der Waals surface area contributed by atoms with Crippen molar-refractivity contribution in [1.29, 1.82) is 0 Å². The molecule has 7 heteroatoms. The third kappa shape index (κ3) is 3.94. The first-order chi connectivity index (χ1) is 9.58. The second kappa shape index (κ2) is 6.71. The van der Waals surface area contributed by atoms with Crippen LogP contribution >= 0.6 is 23.1 Å². The maximum Gasteiger partial charge on any atom is 0.264 e. The van der Waals surface area contributed by atoms with Crippen molar-refractivity contribution in [2.45, 2.75) is 18.2 Å². The van der Waals surface area contributed by atoms with E-state index in [1.807, 2.05) is 38.3 Å². The summed E-state index contributed by atoms with van der Waals surface area (Å²) in [4.78, 5) is 11.8. The molecule has 0 saturated heterocycles. The number of anilines is 1. The van der Waals surface area contributed by atoms with E-state index < -0.39 is 0 Å². The van der Waals surface area contributed by atoms with Crippen molar-refractivity contribution in [2.24, 2.45) is 0 Å². The van der Waals surface area contributed by atoms with Crippen LogP contribution in [0.5, 0.6) is 5.75 Å². The summed E-state index contributed by atoms with van der Waals surface area (Å²) >= 11 is 2.83. The number of amides is 1. The normalized spacial score (nSPS) is 10.3. The van der Waals surface area contributed by atoms with Crippen LogP contribution in [0.25, 0.3) is 0 Å². The lowest BCUT2D eigenvalue weighted by molar-refractivity contribution is -0.118. The lowest BCUT2D eigenvalue weighted by Gasteiger charge is -2.08. The van der Waals surface area contributed by atoms with Crippen molar-refractivity contribution in [3.05, 3.63) is 29.3 Å². The first-order valence-corrected chi connectivity index (χ1v) is 8.00. The quantitative estimate of drug-likeness (QED) is 0.679. The molecule has 0 saturated carbocycles. The van der Waals surface area contributed by atoms with E-state index in [0.717, 1.165) is 15.5 Å². The molecule has 0 fully saturated rings. The molecule has 2 rings (SSSR count). The highest BCUT2D eigenvalue weighted by Gasteiger charge is 2.09. The Morgan fingerprint density at radius 1 is 1.40 bits per heavy atom. The van der Waals surface area contributed by atoms with Gasteiger partial charge in [0.1, 0.15) is 5.75 Å². The van der Waals surface area contributed by atoms with Gasteiger partial charge in [-0.3, -0.25) is 10.1 Å². The van der Waals surface area contributed by atoms with Crippen LogP contribution in [0.3, 0.4) is 0 Å². The van der Waals surface area contributed by atoms with Crippen LogP contribution in [-0.2, 0) is 4.79 Å². The Morgan fingerprint density at radius 2 is 2.20 bits per heavy atom. The van der Waals surface area contributed by atoms with E-state index in [4.69, 9.17) is 4.74 Å². The Hall–Kier alpha value is -1.60. The summed E-state index contributed by atoms with van der Waals surface area (Å²) in [5.74, 6) is 0.474. The number of carbonyl (C=O) groups excluding carboxylic acids is 1. The predicted molar refractivity (Wildman–Crippen MR) is 81.7 cm³/mol. The number of rotatable bonds is 5. The number of benzene rings is 1. The Balaban J connectivity index is 1.88. The Kier molecular flexibility index (Phi) is 4.97. The van der Waals surface area contributed by atoms with Crippen molar-refractivity contribution in [1.82, 2.24) is 10.2 Å². The first-order valence-electron chi connectivity index (χ1n) is 5.96. The number of nitrogens with zero attached hydrogens (tertiary/aromatic N) is 2. The molecule has 0 aliphatic rings. The summed E-state index contributed by atoms with van der Waals surface area (Å²) < 4.78 is 6.31. The molecule has 1 aromatic carbocycles. The van der Waals surface area contributed by atoms with Crippen molar-refractivity contribution >= 4 is 34.1 Å². The summed E-state index contributed by atoms with van der Waals surface area (Å²) in [6.07, 6.45) is 1.91. The van der Waals surface area contributed by atoms with Crippen LogP contribution < -0.4 is 10.1 Å². The lowest BCUT2D eigenvalue weighted by Crippen LogP contribution is -2.20. The van der Waals surface area contributed by atoms with Gasteiger partial charge in [-0.1, -0.05) is 40.8 Å². The summed E-state index contributed by atoms with van der Waals surface area (Å²) in [5.41, 5.74) is 2.18. The zero-order chi connectivity index (χ0) is 14.5. The van der Waals surface area contributed by atoms with Crippen molar-refractivity contribution in [3.63, 3.8) is 0 Å². The maximum atomic E-state index is 11.8. The summed E-state index contributed by atoms with van der Waals surface area (Å²) in [6.45, 7) is 3.93. The van der Waals surface area contributed by atoms with E-state index in [1.54, 1.807) is 0 Å². The smallest absolute Gasteiger partial charge is 0.264 e. The van der Waals surface area contributed by atoms with Gasteiger partial charge in [0.05, 0.1) is 0 Å².